The number of methoxy groups -OCH3 is 2. The van der Waals surface area contributed by atoms with Crippen LogP contribution in [0.5, 0.6) is 0 Å². The third-order valence-electron chi connectivity index (χ3n) is 4.47. The fraction of sp³-hybridized carbons (Fsp3) is 0.250. The summed E-state index contributed by atoms with van der Waals surface area (Å²) in [6.45, 7) is 0. The Kier molecular flexibility index (Phi) is 7.72. The summed E-state index contributed by atoms with van der Waals surface area (Å²) in [6, 6.07) is 5.97. The molecule has 0 bridgehead atoms. The van der Waals surface area contributed by atoms with E-state index in [2.05, 4.69) is 10.1 Å². The van der Waals surface area contributed by atoms with Crippen molar-refractivity contribution in [2.75, 3.05) is 14.2 Å². The van der Waals surface area contributed by atoms with Crippen LogP contribution < -0.4 is 5.32 Å². The van der Waals surface area contributed by atoms with Crippen molar-refractivity contribution >= 4 is 23.5 Å². The summed E-state index contributed by atoms with van der Waals surface area (Å²) in [5.74, 6) is -6.03. The van der Waals surface area contributed by atoms with Crippen LogP contribution in [0.4, 0.5) is 14.5 Å². The van der Waals surface area contributed by atoms with E-state index in [4.69, 9.17) is 4.74 Å². The molecule has 0 aliphatic heterocycles. The zero-order chi connectivity index (χ0) is 23.1. The predicted molar refractivity (Wildman–Crippen MR) is 102 cm³/mol. The number of hydrogen-bond acceptors (Lipinski definition) is 7. The first kappa shape index (κ1) is 23.4. The maximum absolute atomic E-state index is 13.5. The number of ether oxygens (including phenoxy) is 2. The van der Waals surface area contributed by atoms with E-state index < -0.39 is 46.4 Å². The number of esters is 2. The van der Waals surface area contributed by atoms with Crippen LogP contribution >= 0.6 is 0 Å². The second kappa shape index (κ2) is 10.2. The Morgan fingerprint density at radius 3 is 2.19 bits per heavy atom. The number of hydrogen-bond donors (Lipinski definition) is 1. The first-order valence-electron chi connectivity index (χ1n) is 8.82. The number of benzene rings is 2. The minimum absolute atomic E-state index is 0.221. The Morgan fingerprint density at radius 2 is 1.68 bits per heavy atom. The summed E-state index contributed by atoms with van der Waals surface area (Å²) >= 11 is 0. The van der Waals surface area contributed by atoms with Crippen LogP contribution in [0.3, 0.4) is 0 Å². The Balaban J connectivity index is 2.43. The lowest BCUT2D eigenvalue weighted by molar-refractivity contribution is -0.384. The molecule has 1 N–H and O–H groups in total. The quantitative estimate of drug-likeness (QED) is 0.383. The zero-order valence-corrected chi connectivity index (χ0v) is 16.5. The molecule has 11 heteroatoms. The number of non-ortho nitro benzene ring substituents is 1. The van der Waals surface area contributed by atoms with E-state index in [9.17, 15) is 33.3 Å². The van der Waals surface area contributed by atoms with Gasteiger partial charge in [0.2, 0.25) is 0 Å². The predicted octanol–water partition coefficient (Wildman–Crippen LogP) is 2.49. The third-order valence-corrected chi connectivity index (χ3v) is 4.47. The van der Waals surface area contributed by atoms with E-state index >= 15 is 0 Å². The van der Waals surface area contributed by atoms with Crippen molar-refractivity contribution in [3.05, 3.63) is 75.3 Å². The first-order chi connectivity index (χ1) is 14.7. The number of halogens is 2. The van der Waals surface area contributed by atoms with Gasteiger partial charge in [0.25, 0.3) is 11.6 Å². The standard InChI is InChI=1S/C20H18F2N2O7/c1-30-17(25)10-14(11-3-6-13(7-4-11)24(28)29)18(20(27)31-2)23-19(26)12-5-8-15(21)16(22)9-12/h3-9,14,18H,10H2,1-2H3,(H,23,26)/t14-,18-/m0/s1. The lowest BCUT2D eigenvalue weighted by Gasteiger charge is -2.26. The van der Waals surface area contributed by atoms with Crippen LogP contribution in [-0.2, 0) is 19.1 Å². The summed E-state index contributed by atoms with van der Waals surface area (Å²) in [7, 11) is 2.19. The summed E-state index contributed by atoms with van der Waals surface area (Å²) in [6.07, 6.45) is -0.383. The molecular formula is C20H18F2N2O7. The molecule has 164 valence electrons. The molecule has 0 spiro atoms. The van der Waals surface area contributed by atoms with Crippen molar-refractivity contribution in [1.29, 1.82) is 0 Å². The molecule has 2 aromatic rings. The van der Waals surface area contributed by atoms with Gasteiger partial charge in [0, 0.05) is 23.6 Å². The highest BCUT2D eigenvalue weighted by Crippen LogP contribution is 2.27. The van der Waals surface area contributed by atoms with Crippen molar-refractivity contribution in [2.45, 2.75) is 18.4 Å². The molecular weight excluding hydrogens is 418 g/mol. The van der Waals surface area contributed by atoms with Gasteiger partial charge in [0.15, 0.2) is 11.6 Å². The number of nitro groups is 1. The van der Waals surface area contributed by atoms with Crippen LogP contribution in [-0.4, -0.2) is 43.0 Å². The van der Waals surface area contributed by atoms with E-state index in [1.807, 2.05) is 0 Å². The smallest absolute Gasteiger partial charge is 0.329 e. The van der Waals surface area contributed by atoms with Gasteiger partial charge in [-0.25, -0.2) is 13.6 Å². The van der Waals surface area contributed by atoms with Gasteiger partial charge in [-0.15, -0.1) is 0 Å². The molecule has 2 rings (SSSR count). The Bertz CT molecular complexity index is 996. The molecule has 0 saturated carbocycles. The fourth-order valence-corrected chi connectivity index (χ4v) is 2.85. The summed E-state index contributed by atoms with van der Waals surface area (Å²) in [5.41, 5.74) is -0.189. The molecule has 0 fully saturated rings. The molecule has 2 aromatic carbocycles. The Labute approximate surface area is 175 Å². The maximum atomic E-state index is 13.5. The molecule has 0 aliphatic rings. The average molecular weight is 436 g/mol. The van der Waals surface area contributed by atoms with Crippen molar-refractivity contribution in [1.82, 2.24) is 5.32 Å². The SMILES string of the molecule is COC(=O)C[C@@H](c1ccc([N+](=O)[O-])cc1)[C@H](NC(=O)c1ccc(F)c(F)c1)C(=O)OC. The van der Waals surface area contributed by atoms with E-state index in [0.29, 0.717) is 11.6 Å². The van der Waals surface area contributed by atoms with Gasteiger partial charge >= 0.3 is 11.9 Å². The molecule has 31 heavy (non-hydrogen) atoms. The van der Waals surface area contributed by atoms with Gasteiger partial charge in [0.05, 0.1) is 25.6 Å². The number of carbonyl (C=O) groups is 3. The summed E-state index contributed by atoms with van der Waals surface area (Å²) < 4.78 is 36.0. The largest absolute Gasteiger partial charge is 0.469 e. The second-order valence-electron chi connectivity index (χ2n) is 6.34. The van der Waals surface area contributed by atoms with Gasteiger partial charge in [-0.2, -0.15) is 0 Å². The molecule has 0 aliphatic carbocycles. The van der Waals surface area contributed by atoms with Gasteiger partial charge in [-0.3, -0.25) is 19.7 Å². The first-order valence-corrected chi connectivity index (χ1v) is 8.82. The number of amides is 1. The van der Waals surface area contributed by atoms with E-state index in [-0.39, 0.29) is 17.7 Å². The third kappa shape index (κ3) is 5.81. The molecule has 0 aromatic heterocycles. The summed E-state index contributed by atoms with van der Waals surface area (Å²) in [5, 5.41) is 13.2. The van der Waals surface area contributed by atoms with Crippen LogP contribution in [0.15, 0.2) is 42.5 Å². The van der Waals surface area contributed by atoms with Crippen LogP contribution in [0.2, 0.25) is 0 Å². The van der Waals surface area contributed by atoms with Gasteiger partial charge in [-0.1, -0.05) is 12.1 Å². The lowest BCUT2D eigenvalue weighted by atomic mass is 9.88. The topological polar surface area (TPSA) is 125 Å². The van der Waals surface area contributed by atoms with Crippen LogP contribution in [0.25, 0.3) is 0 Å². The van der Waals surface area contributed by atoms with Crippen LogP contribution in [0, 0.1) is 21.7 Å². The van der Waals surface area contributed by atoms with Crippen molar-refractivity contribution < 1.29 is 37.6 Å². The average Bonchev–Trinajstić information content (AvgIpc) is 2.77. The maximum Gasteiger partial charge on any atom is 0.329 e. The fourth-order valence-electron chi connectivity index (χ4n) is 2.85. The molecule has 0 saturated heterocycles. The minimum Gasteiger partial charge on any atom is -0.469 e. The molecule has 0 heterocycles. The van der Waals surface area contributed by atoms with Crippen LogP contribution in [0.1, 0.15) is 28.3 Å². The molecule has 0 unspecified atom stereocenters. The van der Waals surface area contributed by atoms with Crippen molar-refractivity contribution in [3.63, 3.8) is 0 Å². The van der Waals surface area contributed by atoms with Gasteiger partial charge in [0.1, 0.15) is 6.04 Å². The highest BCUT2D eigenvalue weighted by atomic mass is 19.2. The minimum atomic E-state index is -1.44. The van der Waals surface area contributed by atoms with Crippen molar-refractivity contribution in [2.24, 2.45) is 0 Å². The summed E-state index contributed by atoms with van der Waals surface area (Å²) in [4.78, 5) is 47.2. The Morgan fingerprint density at radius 1 is 1.03 bits per heavy atom. The second-order valence-corrected chi connectivity index (χ2v) is 6.34. The van der Waals surface area contributed by atoms with E-state index in [0.717, 1.165) is 26.4 Å². The molecule has 1 amide bonds. The monoisotopic (exact) mass is 436 g/mol. The van der Waals surface area contributed by atoms with Gasteiger partial charge in [-0.05, 0) is 23.8 Å². The van der Waals surface area contributed by atoms with E-state index in [1.165, 1.54) is 24.3 Å². The van der Waals surface area contributed by atoms with Gasteiger partial charge < -0.3 is 14.8 Å². The number of rotatable bonds is 8. The lowest BCUT2D eigenvalue weighted by Crippen LogP contribution is -2.46. The van der Waals surface area contributed by atoms with Crippen molar-refractivity contribution in [3.8, 4) is 0 Å². The molecule has 9 nitrogen and oxygen atoms in total. The highest BCUT2D eigenvalue weighted by Gasteiger charge is 2.34. The molecule has 0 radical (unpaired) electrons. The normalized spacial score (nSPS) is 12.4. The highest BCUT2D eigenvalue weighted by molar-refractivity contribution is 5.97. The number of nitro benzene ring substituents is 1. The number of nitrogens with one attached hydrogen (secondary N) is 1. The van der Waals surface area contributed by atoms with E-state index in [1.54, 1.807) is 0 Å². The number of nitrogens with zero attached hydrogens (tertiary/aromatic N) is 1. The zero-order valence-electron chi connectivity index (χ0n) is 16.5. The Hall–Kier alpha value is -3.89. The molecule has 2 atom stereocenters. The number of carbonyl (C=O) groups excluding carboxylic acids is 3.